The Hall–Kier alpha value is -4.17. The molecule has 4 heterocycles. The number of rotatable bonds is 10. The molecule has 2 fully saturated rings. The van der Waals surface area contributed by atoms with Crippen LogP contribution in [0.25, 0.3) is 0 Å². The number of ether oxygens (including phenoxy) is 2. The Balaban J connectivity index is 1.36. The van der Waals surface area contributed by atoms with Gasteiger partial charge in [-0.15, -0.1) is 0 Å². The molecule has 1 saturated heterocycles. The van der Waals surface area contributed by atoms with E-state index in [-0.39, 0.29) is 41.5 Å². The molecule has 1 saturated carbocycles. The van der Waals surface area contributed by atoms with Crippen LogP contribution in [0, 0.1) is 5.92 Å². The second kappa shape index (κ2) is 11.3. The van der Waals surface area contributed by atoms with Crippen LogP contribution in [-0.2, 0) is 11.3 Å². The van der Waals surface area contributed by atoms with Gasteiger partial charge in [-0.2, -0.15) is 5.10 Å². The maximum absolute atomic E-state index is 13.1. The second-order valence-corrected chi connectivity index (χ2v) is 10.3. The van der Waals surface area contributed by atoms with Crippen molar-refractivity contribution in [2.24, 2.45) is 5.92 Å². The van der Waals surface area contributed by atoms with Gasteiger partial charge in [0.25, 0.3) is 11.8 Å². The van der Waals surface area contributed by atoms with E-state index in [1.807, 2.05) is 0 Å². The minimum absolute atomic E-state index is 0.00914. The number of carbonyl (C=O) groups is 2. The normalized spacial score (nSPS) is 17.1. The summed E-state index contributed by atoms with van der Waals surface area (Å²) in [7, 11) is 0. The summed E-state index contributed by atoms with van der Waals surface area (Å²) in [6, 6.07) is 0. The van der Waals surface area contributed by atoms with Gasteiger partial charge in [0.05, 0.1) is 54.1 Å². The average Bonchev–Trinajstić information content (AvgIpc) is 3.49. The van der Waals surface area contributed by atoms with Crippen molar-refractivity contribution < 1.29 is 24.2 Å². The predicted octanol–water partition coefficient (Wildman–Crippen LogP) is 2.23. The highest BCUT2D eigenvalue weighted by molar-refractivity contribution is 6.01. The number of carbonyl (C=O) groups excluding carboxylic acids is 2. The average molecular weight is 538 g/mol. The minimum atomic E-state index is -1.12. The van der Waals surface area contributed by atoms with Gasteiger partial charge in [-0.05, 0) is 33.1 Å². The SMILES string of the molecule is CC(C)(O)CNC(=O)c1c(NC(=O)Oc2nc(C3CC3)cnc2Nc2cncnc2)cnn1CC1CCOC1. The first-order valence-corrected chi connectivity index (χ1v) is 12.8. The Morgan fingerprint density at radius 1 is 1.18 bits per heavy atom. The van der Waals surface area contributed by atoms with Crippen LogP contribution in [0.5, 0.6) is 5.88 Å². The monoisotopic (exact) mass is 537 g/mol. The lowest BCUT2D eigenvalue weighted by Gasteiger charge is -2.19. The van der Waals surface area contributed by atoms with Crippen LogP contribution >= 0.6 is 0 Å². The molecule has 1 unspecified atom stereocenters. The molecule has 1 aliphatic carbocycles. The van der Waals surface area contributed by atoms with E-state index in [2.05, 4.69) is 41.0 Å². The van der Waals surface area contributed by atoms with Gasteiger partial charge in [0.1, 0.15) is 12.0 Å². The summed E-state index contributed by atoms with van der Waals surface area (Å²) in [5, 5.41) is 22.7. The smallest absolute Gasteiger partial charge is 0.389 e. The number of nitrogens with one attached hydrogen (secondary N) is 3. The Kier molecular flexibility index (Phi) is 7.65. The molecule has 1 aliphatic heterocycles. The molecule has 1 atom stereocenters. The van der Waals surface area contributed by atoms with Gasteiger partial charge in [0, 0.05) is 31.5 Å². The highest BCUT2D eigenvalue weighted by atomic mass is 16.6. The van der Waals surface area contributed by atoms with Crippen molar-refractivity contribution in [2.75, 3.05) is 30.4 Å². The molecule has 3 aromatic heterocycles. The van der Waals surface area contributed by atoms with Crippen LogP contribution in [0.4, 0.5) is 22.0 Å². The van der Waals surface area contributed by atoms with Gasteiger partial charge in [0.15, 0.2) is 5.82 Å². The Bertz CT molecular complexity index is 1320. The quantitative estimate of drug-likeness (QED) is 0.298. The van der Waals surface area contributed by atoms with E-state index >= 15 is 0 Å². The zero-order valence-corrected chi connectivity index (χ0v) is 21.8. The van der Waals surface area contributed by atoms with Gasteiger partial charge in [-0.1, -0.05) is 0 Å². The Labute approximate surface area is 224 Å². The maximum Gasteiger partial charge on any atom is 0.418 e. The topological polar surface area (TPSA) is 178 Å². The third kappa shape index (κ3) is 7.03. The molecular weight excluding hydrogens is 506 g/mol. The molecule has 14 heteroatoms. The molecule has 0 radical (unpaired) electrons. The largest absolute Gasteiger partial charge is 0.418 e. The predicted molar refractivity (Wildman–Crippen MR) is 139 cm³/mol. The third-order valence-corrected chi connectivity index (χ3v) is 6.20. The molecule has 0 spiro atoms. The van der Waals surface area contributed by atoms with E-state index < -0.39 is 17.6 Å². The number of nitrogens with zero attached hydrogens (tertiary/aromatic N) is 6. The number of hydrogen-bond acceptors (Lipinski definition) is 11. The fourth-order valence-electron chi connectivity index (χ4n) is 4.05. The molecule has 3 aromatic rings. The third-order valence-electron chi connectivity index (χ3n) is 6.20. The van der Waals surface area contributed by atoms with Crippen molar-refractivity contribution in [3.8, 4) is 5.88 Å². The molecule has 0 bridgehead atoms. The van der Waals surface area contributed by atoms with E-state index in [1.54, 1.807) is 32.4 Å². The first-order valence-electron chi connectivity index (χ1n) is 12.8. The van der Waals surface area contributed by atoms with Crippen LogP contribution in [0.15, 0.2) is 31.1 Å². The van der Waals surface area contributed by atoms with E-state index in [4.69, 9.17) is 9.47 Å². The van der Waals surface area contributed by atoms with Crippen molar-refractivity contribution >= 4 is 29.2 Å². The van der Waals surface area contributed by atoms with Crippen LogP contribution in [0.1, 0.15) is 55.2 Å². The Morgan fingerprint density at radius 2 is 1.97 bits per heavy atom. The summed E-state index contributed by atoms with van der Waals surface area (Å²) < 4.78 is 12.6. The summed E-state index contributed by atoms with van der Waals surface area (Å²) in [5.41, 5.74) is 0.445. The Morgan fingerprint density at radius 3 is 2.67 bits per heavy atom. The summed E-state index contributed by atoms with van der Waals surface area (Å²) in [6.45, 7) is 4.82. The molecular formula is C25H31N9O5. The second-order valence-electron chi connectivity index (χ2n) is 10.3. The molecule has 2 amide bonds. The molecule has 0 aromatic carbocycles. The standard InChI is InChI=1S/C25H31N9O5/c1-25(2,37)13-29-22(35)20-19(10-30-34(20)11-15-5-6-38-12-15)33-24(36)39-23-21(31-17-7-26-14-27-8-17)28-9-18(32-23)16-3-4-16/h7-10,14-16,37H,3-6,11-13H2,1-2H3,(H,28,31)(H,29,35)(H,33,36). The van der Waals surface area contributed by atoms with Crippen molar-refractivity contribution in [1.29, 1.82) is 0 Å². The van der Waals surface area contributed by atoms with E-state index in [1.165, 1.54) is 17.2 Å². The van der Waals surface area contributed by atoms with Crippen LogP contribution in [0.3, 0.4) is 0 Å². The number of aromatic nitrogens is 6. The van der Waals surface area contributed by atoms with Crippen molar-refractivity contribution in [3.63, 3.8) is 0 Å². The lowest BCUT2D eigenvalue weighted by molar-refractivity contribution is 0.0688. The zero-order valence-electron chi connectivity index (χ0n) is 21.8. The van der Waals surface area contributed by atoms with Crippen molar-refractivity contribution in [1.82, 2.24) is 35.0 Å². The van der Waals surface area contributed by atoms with Crippen molar-refractivity contribution in [2.45, 2.75) is 51.2 Å². The molecule has 39 heavy (non-hydrogen) atoms. The first kappa shape index (κ1) is 26.4. The maximum atomic E-state index is 13.1. The lowest BCUT2D eigenvalue weighted by atomic mass is 10.1. The molecule has 5 rings (SSSR count). The first-order chi connectivity index (χ1) is 18.7. The van der Waals surface area contributed by atoms with Gasteiger partial charge >= 0.3 is 6.09 Å². The van der Waals surface area contributed by atoms with Gasteiger partial charge < -0.3 is 25.2 Å². The number of hydrogen-bond donors (Lipinski definition) is 4. The lowest BCUT2D eigenvalue weighted by Crippen LogP contribution is -2.39. The van der Waals surface area contributed by atoms with Gasteiger partial charge in [0.2, 0.25) is 0 Å². The highest BCUT2D eigenvalue weighted by Gasteiger charge is 2.29. The van der Waals surface area contributed by atoms with Crippen LogP contribution in [-0.4, -0.2) is 72.2 Å². The summed E-state index contributed by atoms with van der Waals surface area (Å²) in [6.07, 6.45) is 9.50. The molecule has 4 N–H and O–H groups in total. The highest BCUT2D eigenvalue weighted by Crippen LogP contribution is 2.40. The van der Waals surface area contributed by atoms with Crippen molar-refractivity contribution in [3.05, 3.63) is 42.5 Å². The van der Waals surface area contributed by atoms with Crippen LogP contribution < -0.4 is 20.7 Å². The molecule has 14 nitrogen and oxygen atoms in total. The fraction of sp³-hybridized carbons (Fsp3) is 0.480. The number of anilines is 3. The summed E-state index contributed by atoms with van der Waals surface area (Å²) in [5.74, 6) is 0.155. The van der Waals surface area contributed by atoms with Crippen LogP contribution in [0.2, 0.25) is 0 Å². The number of amides is 2. The number of aliphatic hydroxyl groups is 1. The molecule has 2 aliphatic rings. The van der Waals surface area contributed by atoms with Gasteiger partial charge in [-0.3, -0.25) is 14.8 Å². The minimum Gasteiger partial charge on any atom is -0.389 e. The zero-order chi connectivity index (χ0) is 27.4. The van der Waals surface area contributed by atoms with E-state index in [0.717, 1.165) is 25.0 Å². The fourth-order valence-corrected chi connectivity index (χ4v) is 4.05. The molecule has 206 valence electrons. The summed E-state index contributed by atoms with van der Waals surface area (Å²) >= 11 is 0. The van der Waals surface area contributed by atoms with E-state index in [9.17, 15) is 14.7 Å². The van der Waals surface area contributed by atoms with Gasteiger partial charge in [-0.25, -0.2) is 24.7 Å². The van der Waals surface area contributed by atoms with E-state index in [0.29, 0.717) is 25.4 Å². The summed E-state index contributed by atoms with van der Waals surface area (Å²) in [4.78, 5) is 43.0.